The lowest BCUT2D eigenvalue weighted by Crippen LogP contribution is -2.33. The minimum absolute atomic E-state index is 0.0438. The topological polar surface area (TPSA) is 32.3 Å². The number of nitrogens with one attached hydrogen (secondary N) is 1. The zero-order valence-electron chi connectivity index (χ0n) is 10.4. The zero-order valence-corrected chi connectivity index (χ0v) is 10.4. The molecule has 2 rings (SSSR count). The lowest BCUT2D eigenvalue weighted by Gasteiger charge is -2.15. The molecule has 17 heavy (non-hydrogen) atoms. The zero-order chi connectivity index (χ0) is 12.1. The van der Waals surface area contributed by atoms with Crippen molar-refractivity contribution in [1.29, 1.82) is 0 Å². The predicted octanol–water partition coefficient (Wildman–Crippen LogP) is 1.82. The van der Waals surface area contributed by atoms with Crippen LogP contribution in [0.5, 0.6) is 0 Å². The number of likely N-dealkylation sites (tertiary alicyclic amines) is 1. The molecule has 0 bridgehead atoms. The van der Waals surface area contributed by atoms with Crippen LogP contribution in [0.2, 0.25) is 0 Å². The summed E-state index contributed by atoms with van der Waals surface area (Å²) in [4.78, 5) is 14.3. The van der Waals surface area contributed by atoms with Crippen molar-refractivity contribution >= 4 is 5.91 Å². The van der Waals surface area contributed by atoms with E-state index in [0.717, 1.165) is 24.2 Å². The second-order valence-corrected chi connectivity index (χ2v) is 4.62. The average Bonchev–Trinajstić information content (AvgIpc) is 2.82. The number of hydrogen-bond acceptors (Lipinski definition) is 2. The summed E-state index contributed by atoms with van der Waals surface area (Å²) < 4.78 is 0. The highest BCUT2D eigenvalue weighted by Gasteiger charge is 2.12. The van der Waals surface area contributed by atoms with E-state index in [0.29, 0.717) is 0 Å². The molecule has 1 N–H and O–H groups in total. The van der Waals surface area contributed by atoms with Crippen LogP contribution in [0, 0.1) is 6.92 Å². The van der Waals surface area contributed by atoms with Gasteiger partial charge in [0.1, 0.15) is 0 Å². The molecule has 1 aliphatic rings. The highest BCUT2D eigenvalue weighted by Crippen LogP contribution is 2.07. The van der Waals surface area contributed by atoms with Crippen molar-refractivity contribution in [3.05, 3.63) is 35.4 Å². The molecule has 0 aliphatic carbocycles. The molecule has 3 heteroatoms. The summed E-state index contributed by atoms with van der Waals surface area (Å²) in [5.74, 6) is 0.0438. The minimum Gasteiger partial charge on any atom is -0.351 e. The van der Waals surface area contributed by atoms with E-state index in [4.69, 9.17) is 0 Å². The molecule has 1 amide bonds. The number of hydrogen-bond donors (Lipinski definition) is 1. The lowest BCUT2D eigenvalue weighted by atomic mass is 10.1. The molecule has 0 radical (unpaired) electrons. The quantitative estimate of drug-likeness (QED) is 0.859. The highest BCUT2D eigenvalue weighted by molar-refractivity contribution is 5.95. The molecule has 1 saturated heterocycles. The summed E-state index contributed by atoms with van der Waals surface area (Å²) >= 11 is 0. The molecule has 0 atom stereocenters. The molecule has 1 fully saturated rings. The number of carbonyl (C=O) groups excluding carboxylic acids is 1. The molecule has 1 heterocycles. The molecule has 0 spiro atoms. The average molecular weight is 232 g/mol. The van der Waals surface area contributed by atoms with Crippen LogP contribution < -0.4 is 5.32 Å². The minimum atomic E-state index is 0.0438. The van der Waals surface area contributed by atoms with Crippen molar-refractivity contribution in [2.45, 2.75) is 19.8 Å². The summed E-state index contributed by atoms with van der Waals surface area (Å²) in [5.41, 5.74) is 1.82. The van der Waals surface area contributed by atoms with E-state index in [2.05, 4.69) is 10.2 Å². The second-order valence-electron chi connectivity index (χ2n) is 4.62. The van der Waals surface area contributed by atoms with E-state index in [1.807, 2.05) is 31.2 Å². The fourth-order valence-corrected chi connectivity index (χ4v) is 2.26. The van der Waals surface area contributed by atoms with Crippen molar-refractivity contribution < 1.29 is 4.79 Å². The Morgan fingerprint density at radius 2 is 2.00 bits per heavy atom. The van der Waals surface area contributed by atoms with Gasteiger partial charge >= 0.3 is 0 Å². The highest BCUT2D eigenvalue weighted by atomic mass is 16.1. The normalized spacial score (nSPS) is 16.1. The van der Waals surface area contributed by atoms with Crippen molar-refractivity contribution in [1.82, 2.24) is 10.2 Å². The third-order valence-electron chi connectivity index (χ3n) is 3.30. The smallest absolute Gasteiger partial charge is 0.251 e. The number of nitrogens with zero attached hydrogens (tertiary/aromatic N) is 1. The Labute approximate surface area is 103 Å². The molecule has 3 nitrogen and oxygen atoms in total. The fourth-order valence-electron chi connectivity index (χ4n) is 2.26. The first-order chi connectivity index (χ1) is 8.27. The third kappa shape index (κ3) is 3.30. The SMILES string of the molecule is Cc1ccccc1C(=O)NCCN1CCCC1. The van der Waals surface area contributed by atoms with Crippen LogP contribution in [0.1, 0.15) is 28.8 Å². The molecular formula is C14H20N2O. The molecule has 1 aliphatic heterocycles. The first-order valence-corrected chi connectivity index (χ1v) is 6.33. The largest absolute Gasteiger partial charge is 0.351 e. The van der Waals surface area contributed by atoms with Crippen molar-refractivity contribution in [3.63, 3.8) is 0 Å². The van der Waals surface area contributed by atoms with E-state index >= 15 is 0 Å². The predicted molar refractivity (Wildman–Crippen MR) is 69.2 cm³/mol. The number of aryl methyl sites for hydroxylation is 1. The van der Waals surface area contributed by atoms with Gasteiger partial charge in [-0.25, -0.2) is 0 Å². The monoisotopic (exact) mass is 232 g/mol. The van der Waals surface area contributed by atoms with E-state index in [1.54, 1.807) is 0 Å². The third-order valence-corrected chi connectivity index (χ3v) is 3.30. The van der Waals surface area contributed by atoms with Gasteiger partial charge in [0, 0.05) is 18.7 Å². The van der Waals surface area contributed by atoms with Gasteiger partial charge in [-0.15, -0.1) is 0 Å². The summed E-state index contributed by atoms with van der Waals surface area (Å²) in [6, 6.07) is 7.70. The molecule has 1 aromatic carbocycles. The Morgan fingerprint density at radius 1 is 1.29 bits per heavy atom. The van der Waals surface area contributed by atoms with Crippen molar-refractivity contribution in [2.24, 2.45) is 0 Å². The van der Waals surface area contributed by atoms with Crippen LogP contribution in [-0.4, -0.2) is 37.0 Å². The number of benzene rings is 1. The van der Waals surface area contributed by atoms with Crippen molar-refractivity contribution in [2.75, 3.05) is 26.2 Å². The summed E-state index contributed by atoms with van der Waals surface area (Å²) in [6.07, 6.45) is 2.59. The van der Waals surface area contributed by atoms with Crippen LogP contribution in [0.3, 0.4) is 0 Å². The van der Waals surface area contributed by atoms with Crippen LogP contribution in [0.15, 0.2) is 24.3 Å². The Morgan fingerprint density at radius 3 is 2.71 bits per heavy atom. The van der Waals surface area contributed by atoms with Gasteiger partial charge in [0.2, 0.25) is 0 Å². The lowest BCUT2D eigenvalue weighted by molar-refractivity contribution is 0.0949. The Hall–Kier alpha value is -1.35. The second kappa shape index (κ2) is 5.82. The number of carbonyl (C=O) groups is 1. The van der Waals surface area contributed by atoms with Crippen LogP contribution in [0.4, 0.5) is 0 Å². The van der Waals surface area contributed by atoms with Crippen molar-refractivity contribution in [3.8, 4) is 0 Å². The van der Waals surface area contributed by atoms with Gasteiger partial charge in [0.05, 0.1) is 0 Å². The maximum absolute atomic E-state index is 11.9. The first-order valence-electron chi connectivity index (χ1n) is 6.33. The van der Waals surface area contributed by atoms with Gasteiger partial charge in [-0.05, 0) is 44.5 Å². The van der Waals surface area contributed by atoms with Gasteiger partial charge in [-0.3, -0.25) is 4.79 Å². The van der Waals surface area contributed by atoms with Gasteiger partial charge in [0.25, 0.3) is 5.91 Å². The molecule has 0 unspecified atom stereocenters. The molecule has 0 aromatic heterocycles. The first kappa shape index (κ1) is 12.1. The van der Waals surface area contributed by atoms with E-state index < -0.39 is 0 Å². The number of amides is 1. The Bertz CT molecular complexity index is 384. The maximum atomic E-state index is 11.9. The maximum Gasteiger partial charge on any atom is 0.251 e. The standard InChI is InChI=1S/C14H20N2O/c1-12-6-2-3-7-13(12)14(17)15-8-11-16-9-4-5-10-16/h2-3,6-7H,4-5,8-11H2,1H3,(H,15,17). The molecule has 0 saturated carbocycles. The summed E-state index contributed by atoms with van der Waals surface area (Å²) in [5, 5.41) is 2.99. The molecular weight excluding hydrogens is 212 g/mol. The fraction of sp³-hybridized carbons (Fsp3) is 0.500. The van der Waals surface area contributed by atoms with E-state index in [1.165, 1.54) is 25.9 Å². The van der Waals surface area contributed by atoms with Gasteiger partial charge in [-0.2, -0.15) is 0 Å². The molecule has 92 valence electrons. The van der Waals surface area contributed by atoms with Gasteiger partial charge in [-0.1, -0.05) is 18.2 Å². The van der Waals surface area contributed by atoms with Gasteiger partial charge < -0.3 is 10.2 Å². The summed E-state index contributed by atoms with van der Waals surface area (Å²) in [7, 11) is 0. The van der Waals surface area contributed by atoms with Crippen LogP contribution >= 0.6 is 0 Å². The molecule has 1 aromatic rings. The van der Waals surface area contributed by atoms with Gasteiger partial charge in [0.15, 0.2) is 0 Å². The van der Waals surface area contributed by atoms with E-state index in [9.17, 15) is 4.79 Å². The summed E-state index contributed by atoms with van der Waals surface area (Å²) in [6.45, 7) is 6.04. The van der Waals surface area contributed by atoms with Crippen LogP contribution in [-0.2, 0) is 0 Å². The van der Waals surface area contributed by atoms with Crippen LogP contribution in [0.25, 0.3) is 0 Å². The number of rotatable bonds is 4. The Balaban J connectivity index is 1.79. The van der Waals surface area contributed by atoms with E-state index in [-0.39, 0.29) is 5.91 Å². The Kier molecular flexibility index (Phi) is 4.15.